The Morgan fingerprint density at radius 3 is 2.50 bits per heavy atom. The van der Waals surface area contributed by atoms with Crippen LogP contribution in [0.1, 0.15) is 64.7 Å². The van der Waals surface area contributed by atoms with Gasteiger partial charge in [0.2, 0.25) is 5.91 Å². The molecule has 0 bridgehead atoms. The molecule has 128 valence electrons. The second-order valence-electron chi connectivity index (χ2n) is 7.11. The van der Waals surface area contributed by atoms with Crippen LogP contribution in [-0.2, 0) is 9.53 Å². The number of hydrogen-bond donors (Lipinski definition) is 1. The van der Waals surface area contributed by atoms with Crippen molar-refractivity contribution in [3.8, 4) is 0 Å². The Hall–Kier alpha value is -0.610. The molecule has 1 amide bonds. The summed E-state index contributed by atoms with van der Waals surface area (Å²) in [4.78, 5) is 14.6. The van der Waals surface area contributed by atoms with Crippen LogP contribution in [0.4, 0.5) is 0 Å². The largest absolute Gasteiger partial charge is 0.396 e. The van der Waals surface area contributed by atoms with E-state index in [2.05, 4.69) is 6.92 Å². The molecule has 0 aromatic heterocycles. The summed E-state index contributed by atoms with van der Waals surface area (Å²) >= 11 is 0. The third-order valence-electron chi connectivity index (χ3n) is 5.24. The van der Waals surface area contributed by atoms with Gasteiger partial charge < -0.3 is 14.7 Å². The number of carbonyl (C=O) groups excluding carboxylic acids is 1. The number of likely N-dealkylation sites (tertiary alicyclic amines) is 1. The quantitative estimate of drug-likeness (QED) is 0.735. The van der Waals surface area contributed by atoms with Crippen LogP contribution in [0.3, 0.4) is 0 Å². The molecular formula is C18H33NO3. The monoisotopic (exact) mass is 311 g/mol. The minimum absolute atomic E-state index is 0.176. The number of hydrogen-bond acceptors (Lipinski definition) is 3. The first-order chi connectivity index (χ1) is 10.7. The van der Waals surface area contributed by atoms with Gasteiger partial charge in [-0.15, -0.1) is 0 Å². The Balaban J connectivity index is 1.67. The van der Waals surface area contributed by atoms with Crippen molar-refractivity contribution in [1.29, 1.82) is 0 Å². The van der Waals surface area contributed by atoms with Crippen LogP contribution in [0.5, 0.6) is 0 Å². The van der Waals surface area contributed by atoms with Gasteiger partial charge in [0.15, 0.2) is 0 Å². The lowest BCUT2D eigenvalue weighted by molar-refractivity contribution is -0.138. The van der Waals surface area contributed by atoms with E-state index in [0.717, 1.165) is 38.3 Å². The Kier molecular flexibility index (Phi) is 7.67. The zero-order chi connectivity index (χ0) is 15.8. The van der Waals surface area contributed by atoms with Crippen LogP contribution in [0.15, 0.2) is 0 Å². The highest BCUT2D eigenvalue weighted by molar-refractivity contribution is 5.78. The van der Waals surface area contributed by atoms with Crippen LogP contribution in [0.25, 0.3) is 0 Å². The van der Waals surface area contributed by atoms with E-state index >= 15 is 0 Å². The predicted octanol–water partition coefficient (Wildman–Crippen LogP) is 2.98. The molecule has 4 nitrogen and oxygen atoms in total. The standard InChI is InChI=1S/C18H33NO3/c1-15(14-16-6-3-2-4-7-16)18(21)19-10-8-17(9-11-19)22-13-5-12-20/h15-17,20H,2-14H2,1H3. The predicted molar refractivity (Wildman–Crippen MR) is 87.6 cm³/mol. The van der Waals surface area contributed by atoms with E-state index in [9.17, 15) is 4.79 Å². The van der Waals surface area contributed by atoms with Gasteiger partial charge in [-0.3, -0.25) is 4.79 Å². The van der Waals surface area contributed by atoms with E-state index in [0.29, 0.717) is 18.9 Å². The maximum absolute atomic E-state index is 12.6. The van der Waals surface area contributed by atoms with Gasteiger partial charge in [0.1, 0.15) is 0 Å². The summed E-state index contributed by atoms with van der Waals surface area (Å²) in [7, 11) is 0. The SMILES string of the molecule is CC(CC1CCCCC1)C(=O)N1CCC(OCCCO)CC1. The number of aliphatic hydroxyl groups excluding tert-OH is 1. The number of rotatable bonds is 7. The average Bonchev–Trinajstić information content (AvgIpc) is 2.56. The number of aliphatic hydroxyl groups is 1. The fraction of sp³-hybridized carbons (Fsp3) is 0.944. The average molecular weight is 311 g/mol. The molecule has 1 saturated carbocycles. The Morgan fingerprint density at radius 2 is 1.86 bits per heavy atom. The highest BCUT2D eigenvalue weighted by Gasteiger charge is 2.28. The summed E-state index contributed by atoms with van der Waals surface area (Å²) in [6, 6.07) is 0. The van der Waals surface area contributed by atoms with Crippen molar-refractivity contribution in [2.75, 3.05) is 26.3 Å². The molecule has 1 unspecified atom stereocenters. The summed E-state index contributed by atoms with van der Waals surface area (Å²) < 4.78 is 5.74. The minimum atomic E-state index is 0.176. The second-order valence-corrected chi connectivity index (χ2v) is 7.11. The van der Waals surface area contributed by atoms with Gasteiger partial charge in [-0.2, -0.15) is 0 Å². The van der Waals surface area contributed by atoms with E-state index in [1.54, 1.807) is 0 Å². The second kappa shape index (κ2) is 9.51. The molecule has 0 radical (unpaired) electrons. The van der Waals surface area contributed by atoms with E-state index in [-0.39, 0.29) is 18.6 Å². The molecule has 2 aliphatic rings. The van der Waals surface area contributed by atoms with Gasteiger partial charge in [0.05, 0.1) is 6.10 Å². The number of amides is 1. The number of piperidine rings is 1. The van der Waals surface area contributed by atoms with Gasteiger partial charge in [-0.25, -0.2) is 0 Å². The lowest BCUT2D eigenvalue weighted by atomic mass is 9.83. The molecular weight excluding hydrogens is 278 g/mol. The summed E-state index contributed by atoms with van der Waals surface area (Å²) in [6.45, 7) is 4.60. The van der Waals surface area contributed by atoms with Crippen LogP contribution < -0.4 is 0 Å². The van der Waals surface area contributed by atoms with Crippen LogP contribution >= 0.6 is 0 Å². The van der Waals surface area contributed by atoms with E-state index in [1.807, 2.05) is 4.90 Å². The molecule has 0 spiro atoms. The van der Waals surface area contributed by atoms with Crippen LogP contribution in [-0.4, -0.2) is 48.3 Å². The van der Waals surface area contributed by atoms with E-state index < -0.39 is 0 Å². The molecule has 1 saturated heterocycles. The fourth-order valence-electron chi connectivity index (χ4n) is 3.89. The maximum atomic E-state index is 12.6. The topological polar surface area (TPSA) is 49.8 Å². The summed E-state index contributed by atoms with van der Waals surface area (Å²) in [5.41, 5.74) is 0. The maximum Gasteiger partial charge on any atom is 0.225 e. The lowest BCUT2D eigenvalue weighted by Crippen LogP contribution is -2.43. The molecule has 1 heterocycles. The van der Waals surface area contributed by atoms with E-state index in [1.165, 1.54) is 32.1 Å². The number of ether oxygens (including phenoxy) is 1. The van der Waals surface area contributed by atoms with Crippen molar-refractivity contribution in [2.45, 2.75) is 70.8 Å². The molecule has 1 N–H and O–H groups in total. The number of carbonyl (C=O) groups is 1. The Bertz CT molecular complexity index is 320. The molecule has 0 aromatic carbocycles. The first-order valence-electron chi connectivity index (χ1n) is 9.22. The van der Waals surface area contributed by atoms with Crippen molar-refractivity contribution < 1.29 is 14.6 Å². The van der Waals surface area contributed by atoms with Crippen molar-refractivity contribution >= 4 is 5.91 Å². The van der Waals surface area contributed by atoms with Gasteiger partial charge in [-0.05, 0) is 31.6 Å². The lowest BCUT2D eigenvalue weighted by Gasteiger charge is -2.34. The van der Waals surface area contributed by atoms with Crippen molar-refractivity contribution in [1.82, 2.24) is 4.90 Å². The molecule has 4 heteroatoms. The first-order valence-corrected chi connectivity index (χ1v) is 9.22. The van der Waals surface area contributed by atoms with E-state index in [4.69, 9.17) is 9.84 Å². The highest BCUT2D eigenvalue weighted by atomic mass is 16.5. The van der Waals surface area contributed by atoms with Crippen molar-refractivity contribution in [3.63, 3.8) is 0 Å². The third-order valence-corrected chi connectivity index (χ3v) is 5.24. The third kappa shape index (κ3) is 5.54. The Morgan fingerprint density at radius 1 is 1.18 bits per heavy atom. The highest BCUT2D eigenvalue weighted by Crippen LogP contribution is 2.30. The molecule has 2 rings (SSSR count). The molecule has 2 fully saturated rings. The molecule has 1 aliphatic carbocycles. The van der Waals surface area contributed by atoms with Gasteiger partial charge in [-0.1, -0.05) is 39.0 Å². The summed E-state index contributed by atoms with van der Waals surface area (Å²) in [6.07, 6.45) is 10.6. The van der Waals surface area contributed by atoms with Gasteiger partial charge >= 0.3 is 0 Å². The van der Waals surface area contributed by atoms with Gasteiger partial charge in [0, 0.05) is 32.2 Å². The number of nitrogens with zero attached hydrogens (tertiary/aromatic N) is 1. The zero-order valence-corrected chi connectivity index (χ0v) is 14.1. The zero-order valence-electron chi connectivity index (χ0n) is 14.1. The molecule has 1 aliphatic heterocycles. The normalized spacial score (nSPS) is 22.7. The van der Waals surface area contributed by atoms with Crippen molar-refractivity contribution in [2.24, 2.45) is 11.8 Å². The Labute approximate surface area is 135 Å². The first kappa shape index (κ1) is 17.7. The van der Waals surface area contributed by atoms with Crippen molar-refractivity contribution in [3.05, 3.63) is 0 Å². The molecule has 22 heavy (non-hydrogen) atoms. The minimum Gasteiger partial charge on any atom is -0.396 e. The summed E-state index contributed by atoms with van der Waals surface area (Å²) in [5, 5.41) is 8.77. The molecule has 1 atom stereocenters. The smallest absolute Gasteiger partial charge is 0.225 e. The van der Waals surface area contributed by atoms with Gasteiger partial charge in [0.25, 0.3) is 0 Å². The summed E-state index contributed by atoms with van der Waals surface area (Å²) in [5.74, 6) is 1.29. The van der Waals surface area contributed by atoms with Crippen LogP contribution in [0, 0.1) is 11.8 Å². The fourth-order valence-corrected chi connectivity index (χ4v) is 3.89. The molecule has 0 aromatic rings. The van der Waals surface area contributed by atoms with Crippen LogP contribution in [0.2, 0.25) is 0 Å².